The summed E-state index contributed by atoms with van der Waals surface area (Å²) in [6, 6.07) is 20.7. The van der Waals surface area contributed by atoms with E-state index in [2.05, 4.69) is 17.0 Å². The third-order valence-corrected chi connectivity index (χ3v) is 11.2. The molecule has 0 aromatic heterocycles. The number of carbonyl (C=O) groups is 3. The second kappa shape index (κ2) is 16.6. The summed E-state index contributed by atoms with van der Waals surface area (Å²) in [4.78, 5) is 54.5. The van der Waals surface area contributed by atoms with Gasteiger partial charge in [-0.2, -0.15) is 0 Å². The van der Waals surface area contributed by atoms with Crippen LogP contribution in [-0.2, 0) is 22.4 Å². The molecule has 4 aromatic rings. The highest BCUT2D eigenvalue weighted by atomic mass is 16.5. The van der Waals surface area contributed by atoms with Gasteiger partial charge < -0.3 is 28.6 Å². The van der Waals surface area contributed by atoms with Crippen molar-refractivity contribution in [3.63, 3.8) is 0 Å². The van der Waals surface area contributed by atoms with Crippen LogP contribution in [0.4, 0.5) is 28.4 Å². The number of nitrogens with zero attached hydrogens (tertiary/aromatic N) is 5. The van der Waals surface area contributed by atoms with Gasteiger partial charge in [0.05, 0.1) is 69.1 Å². The van der Waals surface area contributed by atoms with Gasteiger partial charge in [0.15, 0.2) is 23.0 Å². The van der Waals surface area contributed by atoms with Gasteiger partial charge >= 0.3 is 5.97 Å². The minimum atomic E-state index is -0.218. The van der Waals surface area contributed by atoms with E-state index in [-0.39, 0.29) is 29.9 Å². The van der Waals surface area contributed by atoms with E-state index in [9.17, 15) is 14.4 Å². The number of hydrogen-bond acceptors (Lipinski definition) is 11. The summed E-state index contributed by atoms with van der Waals surface area (Å²) in [6.07, 6.45) is 8.48. The monoisotopic (exact) mass is 785 g/mol. The molecule has 300 valence electrons. The van der Waals surface area contributed by atoms with Crippen LogP contribution in [0, 0.1) is 0 Å². The summed E-state index contributed by atoms with van der Waals surface area (Å²) in [5.74, 6) is 1.56. The van der Waals surface area contributed by atoms with E-state index in [1.54, 1.807) is 38.5 Å². The van der Waals surface area contributed by atoms with Gasteiger partial charge in [0.2, 0.25) is 0 Å². The lowest BCUT2D eigenvalue weighted by Gasteiger charge is -2.23. The van der Waals surface area contributed by atoms with E-state index in [0.717, 1.165) is 53.9 Å². The molecule has 0 spiro atoms. The SMILES string of the molecule is COC(=O)CCCN(C)c1ccc2c(c1)C[C@H]1C=Nc3cc(OCCCCCOc4cc5c(cc4OC)C(=O)N4c6ccccc6C[C@H]4C=N5)c(OC)cc3C(=O)N21. The Morgan fingerprint density at radius 2 is 1.26 bits per heavy atom. The molecule has 4 aliphatic rings. The zero-order valence-electron chi connectivity index (χ0n) is 33.2. The summed E-state index contributed by atoms with van der Waals surface area (Å²) >= 11 is 0. The number of anilines is 3. The fourth-order valence-corrected chi connectivity index (χ4v) is 8.10. The molecule has 13 heteroatoms. The number of ether oxygens (including phenoxy) is 5. The van der Waals surface area contributed by atoms with Crippen molar-refractivity contribution in [1.82, 2.24) is 0 Å². The maximum atomic E-state index is 14.1. The van der Waals surface area contributed by atoms with Crippen LogP contribution in [0.25, 0.3) is 0 Å². The van der Waals surface area contributed by atoms with Crippen molar-refractivity contribution in [3.8, 4) is 23.0 Å². The molecule has 58 heavy (non-hydrogen) atoms. The normalized spacial score (nSPS) is 17.0. The molecule has 4 aliphatic heterocycles. The summed E-state index contributed by atoms with van der Waals surface area (Å²) < 4.78 is 28.4. The molecule has 0 bridgehead atoms. The standard InChI is InChI=1S/C45H47N5O8/c1-48(16-10-13-43(51)56-4)30-14-15-38-29(20-30)21-32-27-47-36-25-42(40(55-3)23-34(36)45(53)50(32)38)58-18-9-5-8-17-57-41-24-35-33(22-39(41)54-2)44(52)49-31(26-46-35)19-28-11-6-7-12-37(28)49/h6-7,11-12,14-15,20,22-27,31-32H,5,8-10,13,16-19,21H2,1-4H3/t31-,32-/m0/s1. The van der Waals surface area contributed by atoms with E-state index < -0.39 is 0 Å². The van der Waals surface area contributed by atoms with Crippen molar-refractivity contribution >= 4 is 58.6 Å². The van der Waals surface area contributed by atoms with Gasteiger partial charge in [0.25, 0.3) is 11.8 Å². The molecular weight excluding hydrogens is 739 g/mol. The Morgan fingerprint density at radius 3 is 1.84 bits per heavy atom. The van der Waals surface area contributed by atoms with Gasteiger partial charge in [-0.15, -0.1) is 0 Å². The van der Waals surface area contributed by atoms with E-state index in [4.69, 9.17) is 33.7 Å². The van der Waals surface area contributed by atoms with Crippen LogP contribution in [-0.4, -0.2) is 90.4 Å². The number of rotatable bonds is 15. The molecule has 4 aromatic carbocycles. The lowest BCUT2D eigenvalue weighted by Crippen LogP contribution is -2.37. The largest absolute Gasteiger partial charge is 0.493 e. The number of unbranched alkanes of at least 4 members (excludes halogenated alkanes) is 2. The fourth-order valence-electron chi connectivity index (χ4n) is 8.10. The second-order valence-electron chi connectivity index (χ2n) is 14.8. The molecule has 2 atom stereocenters. The number of aliphatic imine (C=N–C) groups is 2. The first kappa shape index (κ1) is 38.5. The Labute approximate surface area is 337 Å². The Kier molecular flexibility index (Phi) is 11.0. The Bertz CT molecular complexity index is 2310. The van der Waals surface area contributed by atoms with Gasteiger partial charge in [-0.1, -0.05) is 18.2 Å². The number of para-hydroxylation sites is 1. The van der Waals surface area contributed by atoms with E-state index in [1.165, 1.54) is 7.11 Å². The van der Waals surface area contributed by atoms with Crippen LogP contribution in [0.3, 0.4) is 0 Å². The second-order valence-corrected chi connectivity index (χ2v) is 14.8. The maximum absolute atomic E-state index is 14.1. The summed E-state index contributed by atoms with van der Waals surface area (Å²) in [5.41, 5.74) is 7.04. The fraction of sp³-hybridized carbons (Fsp3) is 0.356. The molecule has 0 unspecified atom stereocenters. The van der Waals surface area contributed by atoms with Crippen molar-refractivity contribution in [2.45, 2.75) is 57.0 Å². The van der Waals surface area contributed by atoms with E-state index >= 15 is 0 Å². The highest BCUT2D eigenvalue weighted by Crippen LogP contribution is 2.43. The Hall–Kier alpha value is -6.37. The Balaban J connectivity index is 0.850. The molecular formula is C45H47N5O8. The number of esters is 1. The van der Waals surface area contributed by atoms with Crippen LogP contribution in [0.2, 0.25) is 0 Å². The van der Waals surface area contributed by atoms with Gasteiger partial charge in [0.1, 0.15) is 0 Å². The third-order valence-electron chi connectivity index (χ3n) is 11.2. The summed E-state index contributed by atoms with van der Waals surface area (Å²) in [7, 11) is 6.53. The van der Waals surface area contributed by atoms with Crippen molar-refractivity contribution in [3.05, 3.63) is 89.0 Å². The lowest BCUT2D eigenvalue weighted by atomic mass is 10.1. The van der Waals surface area contributed by atoms with Crippen LogP contribution >= 0.6 is 0 Å². The number of amides is 2. The molecule has 0 saturated carbocycles. The lowest BCUT2D eigenvalue weighted by molar-refractivity contribution is -0.140. The van der Waals surface area contributed by atoms with Crippen LogP contribution in [0.15, 0.2) is 76.7 Å². The van der Waals surface area contributed by atoms with Gasteiger partial charge in [0, 0.05) is 74.5 Å². The first-order valence-electron chi connectivity index (χ1n) is 19.7. The highest BCUT2D eigenvalue weighted by molar-refractivity contribution is 6.16. The number of fused-ring (bicyclic) bond motifs is 8. The average Bonchev–Trinajstić information content (AvgIpc) is 3.73. The number of carbonyl (C=O) groups excluding carboxylic acids is 3. The summed E-state index contributed by atoms with van der Waals surface area (Å²) in [6.45, 7) is 1.59. The molecule has 0 N–H and O–H groups in total. The summed E-state index contributed by atoms with van der Waals surface area (Å²) in [5, 5.41) is 0. The zero-order valence-corrected chi connectivity index (χ0v) is 33.2. The molecule has 13 nitrogen and oxygen atoms in total. The smallest absolute Gasteiger partial charge is 0.305 e. The first-order valence-corrected chi connectivity index (χ1v) is 19.7. The topological polar surface area (TPSA) is 132 Å². The molecule has 0 radical (unpaired) electrons. The van der Waals surface area contributed by atoms with Crippen molar-refractivity contribution in [2.24, 2.45) is 9.98 Å². The zero-order chi connectivity index (χ0) is 40.3. The van der Waals surface area contributed by atoms with Gasteiger partial charge in [-0.3, -0.25) is 34.2 Å². The Morgan fingerprint density at radius 1 is 0.690 bits per heavy atom. The average molecular weight is 786 g/mol. The van der Waals surface area contributed by atoms with E-state index in [1.807, 2.05) is 59.6 Å². The quantitative estimate of drug-likeness (QED) is 0.0900. The maximum Gasteiger partial charge on any atom is 0.305 e. The van der Waals surface area contributed by atoms with Gasteiger partial charge in [-0.05, 0) is 73.2 Å². The number of hydrogen-bond donors (Lipinski definition) is 0. The molecule has 0 saturated heterocycles. The van der Waals surface area contributed by atoms with Crippen LogP contribution in [0.5, 0.6) is 23.0 Å². The molecule has 4 heterocycles. The minimum Gasteiger partial charge on any atom is -0.493 e. The molecule has 0 fully saturated rings. The van der Waals surface area contributed by atoms with Crippen molar-refractivity contribution in [2.75, 3.05) is 62.8 Å². The third kappa shape index (κ3) is 7.44. The highest BCUT2D eigenvalue weighted by Gasteiger charge is 2.38. The first-order chi connectivity index (χ1) is 28.3. The molecule has 8 rings (SSSR count). The number of benzene rings is 4. The van der Waals surface area contributed by atoms with Crippen molar-refractivity contribution < 1.29 is 38.1 Å². The minimum absolute atomic E-state index is 0.104. The predicted octanol–water partition coefficient (Wildman–Crippen LogP) is 7.30. The van der Waals surface area contributed by atoms with Crippen LogP contribution < -0.4 is 33.6 Å². The van der Waals surface area contributed by atoms with Crippen molar-refractivity contribution in [1.29, 1.82) is 0 Å². The van der Waals surface area contributed by atoms with Gasteiger partial charge in [-0.25, -0.2) is 0 Å². The molecule has 2 amide bonds. The number of methoxy groups -OCH3 is 3. The molecule has 0 aliphatic carbocycles. The van der Waals surface area contributed by atoms with E-state index in [0.29, 0.717) is 84.5 Å². The predicted molar refractivity (Wildman–Crippen MR) is 223 cm³/mol. The van der Waals surface area contributed by atoms with Crippen LogP contribution in [0.1, 0.15) is 63.9 Å².